The normalized spacial score (nSPS) is 10.2. The van der Waals surface area contributed by atoms with Gasteiger partial charge in [0.05, 0.1) is 11.6 Å². The Kier molecular flexibility index (Phi) is 6.20. The lowest BCUT2D eigenvalue weighted by Crippen LogP contribution is -2.27. The Morgan fingerprint density at radius 3 is 2.75 bits per heavy atom. The Morgan fingerprint density at radius 2 is 1.96 bits per heavy atom. The van der Waals surface area contributed by atoms with Gasteiger partial charge in [-0.3, -0.25) is 4.79 Å². The summed E-state index contributed by atoms with van der Waals surface area (Å²) in [6, 6.07) is 18.2. The summed E-state index contributed by atoms with van der Waals surface area (Å²) in [5.41, 5.74) is 2.57. The molecule has 7 heteroatoms. The fourth-order valence-electron chi connectivity index (χ4n) is 2.67. The van der Waals surface area contributed by atoms with E-state index in [2.05, 4.69) is 26.7 Å². The van der Waals surface area contributed by atoms with Crippen LogP contribution in [-0.2, 0) is 6.42 Å². The van der Waals surface area contributed by atoms with Crippen molar-refractivity contribution < 1.29 is 4.79 Å². The van der Waals surface area contributed by atoms with Crippen LogP contribution in [0.1, 0.15) is 27.4 Å². The van der Waals surface area contributed by atoms with E-state index in [9.17, 15) is 4.79 Å². The molecule has 3 rings (SSSR count). The van der Waals surface area contributed by atoms with Crippen LogP contribution in [0.4, 0.5) is 11.5 Å². The first-order valence-corrected chi connectivity index (χ1v) is 9.07. The summed E-state index contributed by atoms with van der Waals surface area (Å²) in [5.74, 6) is 0.686. The molecule has 3 aromatic rings. The van der Waals surface area contributed by atoms with Gasteiger partial charge in [0.25, 0.3) is 5.91 Å². The van der Waals surface area contributed by atoms with Gasteiger partial charge in [-0.2, -0.15) is 5.26 Å². The van der Waals surface area contributed by atoms with Crippen LogP contribution in [-0.4, -0.2) is 22.4 Å². The number of halogens is 1. The van der Waals surface area contributed by atoms with Gasteiger partial charge in [0.15, 0.2) is 0 Å². The van der Waals surface area contributed by atoms with Crippen molar-refractivity contribution in [1.29, 1.82) is 5.26 Å². The lowest BCUT2D eigenvalue weighted by molar-refractivity contribution is 0.0949. The van der Waals surface area contributed by atoms with Crippen molar-refractivity contribution in [2.45, 2.75) is 13.3 Å². The topological polar surface area (TPSA) is 90.7 Å². The summed E-state index contributed by atoms with van der Waals surface area (Å²) in [6.45, 7) is 2.19. The second kappa shape index (κ2) is 8.98. The highest BCUT2D eigenvalue weighted by Crippen LogP contribution is 2.17. The molecule has 0 unspecified atom stereocenters. The highest BCUT2D eigenvalue weighted by atomic mass is 35.5. The number of hydrogen-bond acceptors (Lipinski definition) is 5. The van der Waals surface area contributed by atoms with E-state index in [1.54, 1.807) is 31.2 Å². The van der Waals surface area contributed by atoms with E-state index in [1.165, 1.54) is 0 Å². The van der Waals surface area contributed by atoms with Gasteiger partial charge in [-0.25, -0.2) is 9.97 Å². The van der Waals surface area contributed by atoms with Gasteiger partial charge in [0.1, 0.15) is 17.3 Å². The summed E-state index contributed by atoms with van der Waals surface area (Å²) in [6.07, 6.45) is 0.669. The number of nitrogens with zero attached hydrogens (tertiary/aromatic N) is 3. The molecule has 0 fully saturated rings. The molecule has 0 aliphatic heterocycles. The van der Waals surface area contributed by atoms with Crippen molar-refractivity contribution in [3.63, 3.8) is 0 Å². The average molecular weight is 392 g/mol. The molecule has 0 atom stereocenters. The third kappa shape index (κ3) is 5.29. The van der Waals surface area contributed by atoms with E-state index in [4.69, 9.17) is 16.9 Å². The van der Waals surface area contributed by atoms with E-state index in [-0.39, 0.29) is 11.6 Å². The van der Waals surface area contributed by atoms with Crippen LogP contribution in [0.2, 0.25) is 5.02 Å². The number of nitriles is 1. The number of aromatic nitrogens is 2. The summed E-state index contributed by atoms with van der Waals surface area (Å²) < 4.78 is 0. The van der Waals surface area contributed by atoms with Gasteiger partial charge in [0.2, 0.25) is 0 Å². The number of amides is 1. The fourth-order valence-corrected chi connectivity index (χ4v) is 2.88. The minimum absolute atomic E-state index is 0.275. The highest BCUT2D eigenvalue weighted by Gasteiger charge is 2.11. The third-order valence-corrected chi connectivity index (χ3v) is 4.16. The van der Waals surface area contributed by atoms with E-state index < -0.39 is 0 Å². The molecule has 6 nitrogen and oxygen atoms in total. The van der Waals surface area contributed by atoms with Gasteiger partial charge in [0, 0.05) is 23.3 Å². The van der Waals surface area contributed by atoms with Crippen molar-refractivity contribution in [1.82, 2.24) is 15.3 Å². The minimum atomic E-state index is -0.277. The largest absolute Gasteiger partial charge is 0.350 e. The van der Waals surface area contributed by atoms with Crippen LogP contribution < -0.4 is 10.6 Å². The van der Waals surface area contributed by atoms with Crippen molar-refractivity contribution in [2.24, 2.45) is 0 Å². The minimum Gasteiger partial charge on any atom is -0.350 e. The average Bonchev–Trinajstić information content (AvgIpc) is 2.67. The van der Waals surface area contributed by atoms with E-state index in [1.807, 2.05) is 30.3 Å². The monoisotopic (exact) mass is 391 g/mol. The maximum Gasteiger partial charge on any atom is 0.270 e. The van der Waals surface area contributed by atoms with Crippen LogP contribution in [0.5, 0.6) is 0 Å². The molecule has 0 aliphatic rings. The molecule has 140 valence electrons. The highest BCUT2D eigenvalue weighted by molar-refractivity contribution is 6.30. The van der Waals surface area contributed by atoms with Gasteiger partial charge in [-0.15, -0.1) is 0 Å². The van der Waals surface area contributed by atoms with Gasteiger partial charge in [-0.1, -0.05) is 29.8 Å². The van der Waals surface area contributed by atoms with E-state index in [0.717, 1.165) is 5.56 Å². The predicted molar refractivity (Wildman–Crippen MR) is 109 cm³/mol. The third-order valence-electron chi connectivity index (χ3n) is 3.92. The quantitative estimate of drug-likeness (QED) is 0.662. The molecule has 1 heterocycles. The lowest BCUT2D eigenvalue weighted by atomic mass is 10.1. The van der Waals surface area contributed by atoms with Gasteiger partial charge < -0.3 is 10.6 Å². The molecule has 0 aliphatic carbocycles. The zero-order chi connectivity index (χ0) is 19.9. The first-order valence-electron chi connectivity index (χ1n) is 8.69. The van der Waals surface area contributed by atoms with Crippen LogP contribution >= 0.6 is 11.6 Å². The number of carbonyl (C=O) groups excluding carboxylic acids is 1. The molecule has 28 heavy (non-hydrogen) atoms. The Morgan fingerprint density at radius 1 is 1.14 bits per heavy atom. The number of aryl methyl sites for hydroxylation is 1. The van der Waals surface area contributed by atoms with Crippen LogP contribution in [0.15, 0.2) is 54.6 Å². The molecule has 0 saturated carbocycles. The van der Waals surface area contributed by atoms with Crippen molar-refractivity contribution in [2.75, 3.05) is 11.9 Å². The summed E-state index contributed by atoms with van der Waals surface area (Å²) >= 11 is 5.97. The molecule has 2 N–H and O–H groups in total. The predicted octanol–water partition coefficient (Wildman–Crippen LogP) is 4.03. The SMILES string of the molecule is Cc1nc(Nc2cccc(C#N)c2)cc(C(=O)NCCc2cccc(Cl)c2)n1. The van der Waals surface area contributed by atoms with Crippen LogP contribution in [0, 0.1) is 18.3 Å². The first-order chi connectivity index (χ1) is 13.5. The molecule has 1 amide bonds. The number of anilines is 2. The Balaban J connectivity index is 1.66. The fraction of sp³-hybridized carbons (Fsp3) is 0.143. The molecular formula is C21H18ClN5O. The Bertz CT molecular complexity index is 1040. The Hall–Kier alpha value is -3.43. The number of nitrogens with one attached hydrogen (secondary N) is 2. The number of hydrogen-bond donors (Lipinski definition) is 2. The maximum absolute atomic E-state index is 12.5. The number of benzene rings is 2. The smallest absolute Gasteiger partial charge is 0.270 e. The molecule has 0 bridgehead atoms. The Labute approximate surface area is 168 Å². The molecule has 0 spiro atoms. The number of rotatable bonds is 6. The molecule has 1 aromatic heterocycles. The van der Waals surface area contributed by atoms with Crippen molar-refractivity contribution in [3.05, 3.63) is 82.3 Å². The molecule has 2 aromatic carbocycles. The zero-order valence-electron chi connectivity index (χ0n) is 15.2. The van der Waals surface area contributed by atoms with Crippen molar-refractivity contribution >= 4 is 29.0 Å². The number of carbonyl (C=O) groups is 1. The second-order valence-corrected chi connectivity index (χ2v) is 6.58. The second-order valence-electron chi connectivity index (χ2n) is 6.14. The maximum atomic E-state index is 12.5. The summed E-state index contributed by atoms with van der Waals surface area (Å²) in [7, 11) is 0. The van der Waals surface area contributed by atoms with Crippen LogP contribution in [0.25, 0.3) is 0 Å². The lowest BCUT2D eigenvalue weighted by Gasteiger charge is -2.09. The molecular weight excluding hydrogens is 374 g/mol. The summed E-state index contributed by atoms with van der Waals surface area (Å²) in [4.78, 5) is 21.0. The van der Waals surface area contributed by atoms with E-state index >= 15 is 0 Å². The summed E-state index contributed by atoms with van der Waals surface area (Å²) in [5, 5.41) is 15.6. The van der Waals surface area contributed by atoms with E-state index in [0.29, 0.717) is 40.9 Å². The zero-order valence-corrected chi connectivity index (χ0v) is 16.0. The first kappa shape index (κ1) is 19.3. The molecule has 0 saturated heterocycles. The van der Waals surface area contributed by atoms with Crippen LogP contribution in [0.3, 0.4) is 0 Å². The van der Waals surface area contributed by atoms with Gasteiger partial charge >= 0.3 is 0 Å². The molecule has 0 radical (unpaired) electrons. The van der Waals surface area contributed by atoms with Crippen molar-refractivity contribution in [3.8, 4) is 6.07 Å². The van der Waals surface area contributed by atoms with Gasteiger partial charge in [-0.05, 0) is 49.2 Å². The standard InChI is InChI=1S/C21H18ClN5O/c1-14-25-19(21(28)24-9-8-15-4-2-6-17(22)10-15)12-20(26-14)27-18-7-3-5-16(11-18)13-23/h2-7,10-12H,8-9H2,1H3,(H,24,28)(H,25,26,27).